The third kappa shape index (κ3) is 3.56. The zero-order valence-electron chi connectivity index (χ0n) is 12.1. The van der Waals surface area contributed by atoms with Gasteiger partial charge in [-0.2, -0.15) is 0 Å². The molecular weight excluding hydrogens is 236 g/mol. The Hall–Kier alpha value is -0.900. The fourth-order valence-corrected chi connectivity index (χ4v) is 3.07. The Morgan fingerprint density at radius 3 is 2.63 bits per heavy atom. The third-order valence-electron chi connectivity index (χ3n) is 4.25. The van der Waals surface area contributed by atoms with Crippen molar-refractivity contribution in [2.45, 2.75) is 37.7 Å². The van der Waals surface area contributed by atoms with E-state index in [9.17, 15) is 5.11 Å². The molecule has 1 fully saturated rings. The number of hydrogen-bond donors (Lipinski definition) is 2. The summed E-state index contributed by atoms with van der Waals surface area (Å²) >= 11 is 0. The Kier molecular flexibility index (Phi) is 4.29. The molecule has 106 valence electrons. The lowest BCUT2D eigenvalue weighted by Crippen LogP contribution is -2.52. The smallest absolute Gasteiger partial charge is 0.0746 e. The first-order valence-electron chi connectivity index (χ1n) is 7.16. The van der Waals surface area contributed by atoms with Crippen molar-refractivity contribution in [3.05, 3.63) is 35.9 Å². The van der Waals surface area contributed by atoms with E-state index in [1.54, 1.807) is 0 Å². The Morgan fingerprint density at radius 2 is 2.05 bits per heavy atom. The highest BCUT2D eigenvalue weighted by molar-refractivity contribution is 5.25. The number of nitrogens with two attached hydrogens (primary N) is 1. The van der Waals surface area contributed by atoms with Crippen LogP contribution in [0.3, 0.4) is 0 Å². The lowest BCUT2D eigenvalue weighted by Gasteiger charge is -2.41. The van der Waals surface area contributed by atoms with Crippen molar-refractivity contribution >= 4 is 0 Å². The molecule has 1 aliphatic heterocycles. The number of β-amino-alcohol motifs (C(OH)–C–C–N with tert-alkyl or cyclic N) is 1. The van der Waals surface area contributed by atoms with Crippen molar-refractivity contribution in [1.82, 2.24) is 4.90 Å². The molecule has 0 saturated carbocycles. The third-order valence-corrected chi connectivity index (χ3v) is 4.25. The van der Waals surface area contributed by atoms with Crippen molar-refractivity contribution < 1.29 is 5.11 Å². The monoisotopic (exact) mass is 262 g/mol. The van der Waals surface area contributed by atoms with E-state index >= 15 is 0 Å². The van der Waals surface area contributed by atoms with Gasteiger partial charge < -0.3 is 10.8 Å². The number of aliphatic hydroxyl groups is 1. The highest BCUT2D eigenvalue weighted by Gasteiger charge is 2.33. The fraction of sp³-hybridized carbons (Fsp3) is 0.625. The van der Waals surface area contributed by atoms with E-state index in [4.69, 9.17) is 5.73 Å². The largest absolute Gasteiger partial charge is 0.389 e. The highest BCUT2D eigenvalue weighted by atomic mass is 16.3. The first-order chi connectivity index (χ1) is 8.95. The number of hydrogen-bond acceptors (Lipinski definition) is 3. The van der Waals surface area contributed by atoms with E-state index in [2.05, 4.69) is 36.1 Å². The van der Waals surface area contributed by atoms with Gasteiger partial charge in [-0.05, 0) is 31.9 Å². The van der Waals surface area contributed by atoms with Gasteiger partial charge in [0.25, 0.3) is 0 Å². The molecular formula is C16H26N2O. The number of nitrogens with zero attached hydrogens (tertiary/aromatic N) is 1. The lowest BCUT2D eigenvalue weighted by atomic mass is 9.81. The van der Waals surface area contributed by atoms with Crippen molar-refractivity contribution in [2.75, 3.05) is 26.2 Å². The summed E-state index contributed by atoms with van der Waals surface area (Å²) in [5.74, 6) is 0. The molecule has 0 amide bonds. The molecule has 2 rings (SSSR count). The molecule has 19 heavy (non-hydrogen) atoms. The van der Waals surface area contributed by atoms with Crippen LogP contribution in [0.15, 0.2) is 30.3 Å². The second kappa shape index (κ2) is 5.61. The second-order valence-corrected chi connectivity index (χ2v) is 6.44. The molecule has 0 aromatic heterocycles. The van der Waals surface area contributed by atoms with Gasteiger partial charge in [0, 0.05) is 25.0 Å². The maximum atomic E-state index is 10.2. The van der Waals surface area contributed by atoms with Crippen molar-refractivity contribution in [2.24, 2.45) is 5.73 Å². The van der Waals surface area contributed by atoms with Gasteiger partial charge >= 0.3 is 0 Å². The molecule has 3 nitrogen and oxygen atoms in total. The number of piperidine rings is 1. The van der Waals surface area contributed by atoms with Crippen LogP contribution < -0.4 is 5.73 Å². The van der Waals surface area contributed by atoms with Crippen molar-refractivity contribution in [3.63, 3.8) is 0 Å². The van der Waals surface area contributed by atoms with E-state index in [1.807, 2.05) is 13.0 Å². The minimum absolute atomic E-state index is 0.0469. The maximum absolute atomic E-state index is 10.2. The first-order valence-corrected chi connectivity index (χ1v) is 7.16. The van der Waals surface area contributed by atoms with E-state index in [1.165, 1.54) is 5.56 Å². The molecule has 0 spiro atoms. The standard InChI is InChI=1S/C16H26N2O/c1-15(11-17,14-7-4-3-5-8-14)12-18-10-6-9-16(2,19)13-18/h3-5,7-8,19H,6,9-13,17H2,1-2H3. The van der Waals surface area contributed by atoms with Gasteiger partial charge in [0.15, 0.2) is 0 Å². The van der Waals surface area contributed by atoms with E-state index < -0.39 is 5.60 Å². The van der Waals surface area contributed by atoms with E-state index in [0.717, 1.165) is 32.5 Å². The first kappa shape index (κ1) is 14.5. The Labute approximate surface area is 116 Å². The Balaban J connectivity index is 2.10. The summed E-state index contributed by atoms with van der Waals surface area (Å²) in [6.07, 6.45) is 1.95. The van der Waals surface area contributed by atoms with Crippen LogP contribution in [0.2, 0.25) is 0 Å². The maximum Gasteiger partial charge on any atom is 0.0746 e. The van der Waals surface area contributed by atoms with Gasteiger partial charge in [0.2, 0.25) is 0 Å². The molecule has 1 saturated heterocycles. The summed E-state index contributed by atoms with van der Waals surface area (Å²) in [5.41, 5.74) is 6.72. The van der Waals surface area contributed by atoms with Gasteiger partial charge in [-0.3, -0.25) is 4.90 Å². The normalized spacial score (nSPS) is 28.0. The molecule has 1 heterocycles. The van der Waals surface area contributed by atoms with Crippen LogP contribution in [0.25, 0.3) is 0 Å². The quantitative estimate of drug-likeness (QED) is 0.869. The van der Waals surface area contributed by atoms with Gasteiger partial charge in [0.05, 0.1) is 5.60 Å². The summed E-state index contributed by atoms with van der Waals surface area (Å²) in [4.78, 5) is 2.35. The molecule has 2 unspecified atom stereocenters. The summed E-state index contributed by atoms with van der Waals surface area (Å²) in [5, 5.41) is 10.2. The van der Waals surface area contributed by atoms with E-state index in [0.29, 0.717) is 6.54 Å². The van der Waals surface area contributed by atoms with Crippen LogP contribution in [0, 0.1) is 0 Å². The molecule has 1 aromatic rings. The van der Waals surface area contributed by atoms with Gasteiger partial charge in [-0.15, -0.1) is 0 Å². The minimum Gasteiger partial charge on any atom is -0.389 e. The molecule has 3 N–H and O–H groups in total. The fourth-order valence-electron chi connectivity index (χ4n) is 3.07. The van der Waals surface area contributed by atoms with Gasteiger partial charge in [0.1, 0.15) is 0 Å². The van der Waals surface area contributed by atoms with Gasteiger partial charge in [-0.25, -0.2) is 0 Å². The average Bonchev–Trinajstić information content (AvgIpc) is 2.38. The summed E-state index contributed by atoms with van der Waals surface area (Å²) in [6, 6.07) is 10.5. The number of likely N-dealkylation sites (tertiary alicyclic amines) is 1. The van der Waals surface area contributed by atoms with Crippen LogP contribution in [0.5, 0.6) is 0 Å². The molecule has 0 bridgehead atoms. The van der Waals surface area contributed by atoms with Crippen LogP contribution in [0.1, 0.15) is 32.3 Å². The van der Waals surface area contributed by atoms with Crippen LogP contribution >= 0.6 is 0 Å². The lowest BCUT2D eigenvalue weighted by molar-refractivity contribution is -0.0209. The molecule has 0 aliphatic carbocycles. The molecule has 1 aliphatic rings. The predicted octanol–water partition coefficient (Wildman–Crippen LogP) is 1.75. The summed E-state index contributed by atoms with van der Waals surface area (Å²) in [7, 11) is 0. The number of benzene rings is 1. The zero-order valence-corrected chi connectivity index (χ0v) is 12.1. The Morgan fingerprint density at radius 1 is 1.37 bits per heavy atom. The summed E-state index contributed by atoms with van der Waals surface area (Å²) in [6.45, 7) is 7.47. The zero-order chi connectivity index (χ0) is 13.9. The average molecular weight is 262 g/mol. The van der Waals surface area contributed by atoms with Gasteiger partial charge in [-0.1, -0.05) is 37.3 Å². The predicted molar refractivity (Wildman–Crippen MR) is 79.1 cm³/mol. The van der Waals surface area contributed by atoms with Crippen LogP contribution in [-0.4, -0.2) is 41.8 Å². The van der Waals surface area contributed by atoms with Crippen molar-refractivity contribution in [3.8, 4) is 0 Å². The highest BCUT2D eigenvalue weighted by Crippen LogP contribution is 2.27. The van der Waals surface area contributed by atoms with Crippen LogP contribution in [-0.2, 0) is 5.41 Å². The topological polar surface area (TPSA) is 49.5 Å². The molecule has 2 atom stereocenters. The molecule has 0 radical (unpaired) electrons. The van der Waals surface area contributed by atoms with Crippen LogP contribution in [0.4, 0.5) is 0 Å². The van der Waals surface area contributed by atoms with Crippen molar-refractivity contribution in [1.29, 1.82) is 0 Å². The molecule has 3 heteroatoms. The SMILES string of the molecule is CC1(O)CCCN(CC(C)(CN)c2ccccc2)C1. The van der Waals surface area contributed by atoms with E-state index in [-0.39, 0.29) is 5.41 Å². The number of rotatable bonds is 4. The second-order valence-electron chi connectivity index (χ2n) is 6.44. The Bertz CT molecular complexity index is 404. The molecule has 1 aromatic carbocycles. The summed E-state index contributed by atoms with van der Waals surface area (Å²) < 4.78 is 0. The minimum atomic E-state index is -0.551.